The van der Waals surface area contributed by atoms with E-state index >= 15 is 0 Å². The predicted octanol–water partition coefficient (Wildman–Crippen LogP) is 6.58. The molecular formula is C18H9BrClF3N4S. The van der Waals surface area contributed by atoms with Crippen molar-refractivity contribution in [2.75, 3.05) is 5.43 Å². The molecule has 0 spiro atoms. The molecule has 0 fully saturated rings. The summed E-state index contributed by atoms with van der Waals surface area (Å²) in [6, 6.07) is 12.2. The van der Waals surface area contributed by atoms with Gasteiger partial charge in [0.1, 0.15) is 6.07 Å². The number of nitrogens with zero attached hydrogens (tertiary/aromatic N) is 3. The lowest BCUT2D eigenvalue weighted by atomic mass is 10.2. The molecule has 0 atom stereocenters. The number of hydrogen-bond donors (Lipinski definition) is 1. The van der Waals surface area contributed by atoms with Crippen molar-refractivity contribution in [2.45, 2.75) is 6.18 Å². The second kappa shape index (κ2) is 8.31. The van der Waals surface area contributed by atoms with Crippen LogP contribution >= 0.6 is 38.9 Å². The maximum Gasteiger partial charge on any atom is 0.416 e. The van der Waals surface area contributed by atoms with Crippen LogP contribution in [-0.4, -0.2) is 10.7 Å². The zero-order valence-electron chi connectivity index (χ0n) is 13.8. The molecule has 0 bridgehead atoms. The highest BCUT2D eigenvalue weighted by atomic mass is 79.9. The minimum atomic E-state index is -4.52. The highest BCUT2D eigenvalue weighted by Crippen LogP contribution is 2.34. The molecule has 0 unspecified atom stereocenters. The van der Waals surface area contributed by atoms with Gasteiger partial charge in [0.25, 0.3) is 0 Å². The van der Waals surface area contributed by atoms with Gasteiger partial charge in [0, 0.05) is 15.4 Å². The summed E-state index contributed by atoms with van der Waals surface area (Å²) in [4.78, 5) is 4.37. The number of nitriles is 1. The lowest BCUT2D eigenvalue weighted by Gasteiger charge is -2.10. The van der Waals surface area contributed by atoms with Crippen LogP contribution in [0.3, 0.4) is 0 Å². The summed E-state index contributed by atoms with van der Waals surface area (Å²) in [5.74, 6) is 0. The molecule has 0 saturated carbocycles. The third-order valence-electron chi connectivity index (χ3n) is 3.53. The first-order chi connectivity index (χ1) is 13.3. The average molecular weight is 486 g/mol. The van der Waals surface area contributed by atoms with Gasteiger partial charge in [-0.25, -0.2) is 4.98 Å². The summed E-state index contributed by atoms with van der Waals surface area (Å²) >= 11 is 10.5. The molecule has 0 amide bonds. The monoisotopic (exact) mass is 484 g/mol. The Morgan fingerprint density at radius 2 is 1.93 bits per heavy atom. The summed E-state index contributed by atoms with van der Waals surface area (Å²) in [5.41, 5.74) is 2.94. The van der Waals surface area contributed by atoms with Gasteiger partial charge in [-0.2, -0.15) is 23.5 Å². The van der Waals surface area contributed by atoms with Gasteiger partial charge in [0.05, 0.1) is 22.0 Å². The summed E-state index contributed by atoms with van der Waals surface area (Å²) in [7, 11) is 0. The van der Waals surface area contributed by atoms with Crippen molar-refractivity contribution in [1.82, 2.24) is 4.98 Å². The van der Waals surface area contributed by atoms with Crippen LogP contribution in [0.5, 0.6) is 0 Å². The number of aromatic nitrogens is 1. The average Bonchev–Trinajstić information content (AvgIpc) is 3.13. The molecule has 0 aliphatic carbocycles. The second-order valence-corrected chi connectivity index (χ2v) is 7.60. The van der Waals surface area contributed by atoms with Crippen LogP contribution < -0.4 is 5.43 Å². The molecule has 0 radical (unpaired) electrons. The number of nitrogens with one attached hydrogen (secondary N) is 1. The topological polar surface area (TPSA) is 61.1 Å². The van der Waals surface area contributed by atoms with Crippen molar-refractivity contribution in [3.63, 3.8) is 0 Å². The van der Waals surface area contributed by atoms with Crippen LogP contribution in [0.2, 0.25) is 5.02 Å². The number of rotatable bonds is 4. The molecule has 142 valence electrons. The Morgan fingerprint density at radius 3 is 2.57 bits per heavy atom. The number of hydrogen-bond acceptors (Lipinski definition) is 5. The van der Waals surface area contributed by atoms with Crippen LogP contribution in [0, 0.1) is 11.3 Å². The first kappa shape index (κ1) is 20.3. The van der Waals surface area contributed by atoms with Crippen molar-refractivity contribution in [3.8, 4) is 17.3 Å². The minimum absolute atomic E-state index is 0.0451. The maximum atomic E-state index is 12.8. The molecule has 1 aromatic heterocycles. The Morgan fingerprint density at radius 1 is 1.21 bits per heavy atom. The van der Waals surface area contributed by atoms with E-state index in [0.717, 1.165) is 28.2 Å². The minimum Gasteiger partial charge on any atom is -0.276 e. The number of alkyl halides is 3. The van der Waals surface area contributed by atoms with Crippen molar-refractivity contribution < 1.29 is 13.2 Å². The largest absolute Gasteiger partial charge is 0.416 e. The maximum absolute atomic E-state index is 12.8. The van der Waals surface area contributed by atoms with Gasteiger partial charge >= 0.3 is 6.18 Å². The number of thiazole rings is 1. The second-order valence-electron chi connectivity index (χ2n) is 5.42. The van der Waals surface area contributed by atoms with Gasteiger partial charge < -0.3 is 0 Å². The molecule has 4 nitrogen and oxygen atoms in total. The van der Waals surface area contributed by atoms with Gasteiger partial charge in [-0.15, -0.1) is 11.3 Å². The highest BCUT2D eigenvalue weighted by Gasteiger charge is 2.31. The normalized spacial score (nSPS) is 11.9. The van der Waals surface area contributed by atoms with E-state index in [1.54, 1.807) is 5.38 Å². The predicted molar refractivity (Wildman–Crippen MR) is 107 cm³/mol. The smallest absolute Gasteiger partial charge is 0.276 e. The fourth-order valence-electron chi connectivity index (χ4n) is 2.16. The molecule has 0 aliphatic heterocycles. The Bertz CT molecular complexity index is 1070. The Balaban J connectivity index is 1.86. The molecule has 0 aliphatic rings. The molecule has 2 aromatic carbocycles. The van der Waals surface area contributed by atoms with Crippen molar-refractivity contribution in [2.24, 2.45) is 5.10 Å². The zero-order chi connectivity index (χ0) is 20.3. The fourth-order valence-corrected chi connectivity index (χ4v) is 3.35. The van der Waals surface area contributed by atoms with Gasteiger partial charge in [0.15, 0.2) is 10.7 Å². The van der Waals surface area contributed by atoms with Gasteiger partial charge in [-0.1, -0.05) is 39.7 Å². The van der Waals surface area contributed by atoms with E-state index in [2.05, 4.69) is 31.4 Å². The molecule has 1 N–H and O–H groups in total. The lowest BCUT2D eigenvalue weighted by Crippen LogP contribution is -2.06. The van der Waals surface area contributed by atoms with Gasteiger partial charge in [-0.3, -0.25) is 5.43 Å². The quantitative estimate of drug-likeness (QED) is 0.335. The van der Waals surface area contributed by atoms with Crippen LogP contribution in [0.1, 0.15) is 10.6 Å². The number of halogens is 5. The summed E-state index contributed by atoms with van der Waals surface area (Å²) < 4.78 is 39.5. The van der Waals surface area contributed by atoms with E-state index < -0.39 is 11.7 Å². The summed E-state index contributed by atoms with van der Waals surface area (Å²) in [5, 5.41) is 15.4. The summed E-state index contributed by atoms with van der Waals surface area (Å²) in [6.45, 7) is 0. The molecule has 1 heterocycles. The lowest BCUT2D eigenvalue weighted by molar-refractivity contribution is -0.137. The molecule has 28 heavy (non-hydrogen) atoms. The Hall–Kier alpha value is -2.41. The van der Waals surface area contributed by atoms with E-state index in [4.69, 9.17) is 11.6 Å². The standard InChI is InChI=1S/C18H9BrClF3N4S/c19-12-4-1-10(2-5-12)16-9-28-17(25-16)15(8-24)27-26-14-7-11(18(21,22)23)3-6-13(14)20/h1-7,9,26H/b27-15+. The van der Waals surface area contributed by atoms with Crippen LogP contribution in [0.15, 0.2) is 57.4 Å². The summed E-state index contributed by atoms with van der Waals surface area (Å²) in [6.07, 6.45) is -4.52. The van der Waals surface area contributed by atoms with E-state index in [0.29, 0.717) is 10.7 Å². The molecule has 10 heteroatoms. The van der Waals surface area contributed by atoms with Crippen molar-refractivity contribution in [1.29, 1.82) is 5.26 Å². The third-order valence-corrected chi connectivity index (χ3v) is 5.24. The number of anilines is 1. The van der Waals surface area contributed by atoms with Crippen LogP contribution in [0.4, 0.5) is 18.9 Å². The fraction of sp³-hybridized carbons (Fsp3) is 0.0556. The van der Waals surface area contributed by atoms with E-state index in [-0.39, 0.29) is 16.4 Å². The number of hydrazone groups is 1. The Kier molecular flexibility index (Phi) is 6.03. The zero-order valence-corrected chi connectivity index (χ0v) is 16.9. The van der Waals surface area contributed by atoms with Crippen LogP contribution in [0.25, 0.3) is 11.3 Å². The van der Waals surface area contributed by atoms with E-state index in [1.165, 1.54) is 11.3 Å². The first-order valence-corrected chi connectivity index (χ1v) is 9.65. The highest BCUT2D eigenvalue weighted by molar-refractivity contribution is 9.10. The van der Waals surface area contributed by atoms with E-state index in [9.17, 15) is 18.4 Å². The SMILES string of the molecule is N#C/C(=N\Nc1cc(C(F)(F)F)ccc1Cl)c1nc(-c2ccc(Br)cc2)cs1. The molecular weight excluding hydrogens is 477 g/mol. The van der Waals surface area contributed by atoms with Crippen molar-refractivity contribution >= 4 is 50.3 Å². The van der Waals surface area contributed by atoms with Crippen LogP contribution in [-0.2, 0) is 6.18 Å². The molecule has 3 aromatic rings. The molecule has 0 saturated heterocycles. The van der Waals surface area contributed by atoms with Gasteiger partial charge in [-0.05, 0) is 30.3 Å². The van der Waals surface area contributed by atoms with E-state index in [1.807, 2.05) is 30.3 Å². The number of benzene rings is 2. The first-order valence-electron chi connectivity index (χ1n) is 7.60. The van der Waals surface area contributed by atoms with Gasteiger partial charge in [0.2, 0.25) is 0 Å². The van der Waals surface area contributed by atoms with Crippen molar-refractivity contribution in [3.05, 3.63) is 67.9 Å². The molecule has 3 rings (SSSR count). The third kappa shape index (κ3) is 4.70. The Labute approximate surface area is 175 Å².